The van der Waals surface area contributed by atoms with Gasteiger partial charge in [0.1, 0.15) is 5.78 Å². The SMILES string of the molecule is Cc1ncc(-c2cnc3cnc(CC(=O)C4CCC(CCC(F)F)CC4)cc3c2)o1. The fraction of sp³-hybridized carbons (Fsp3) is 0.478. The Morgan fingerprint density at radius 1 is 1.10 bits per heavy atom. The number of hydrogen-bond acceptors (Lipinski definition) is 5. The number of nitrogens with zero attached hydrogens (tertiary/aromatic N) is 3. The third kappa shape index (κ3) is 4.89. The summed E-state index contributed by atoms with van der Waals surface area (Å²) in [7, 11) is 0. The average molecular weight is 413 g/mol. The van der Waals surface area contributed by atoms with Crippen LogP contribution < -0.4 is 0 Å². The Morgan fingerprint density at radius 3 is 2.60 bits per heavy atom. The molecule has 3 aromatic heterocycles. The number of hydrogen-bond donors (Lipinski definition) is 0. The van der Waals surface area contributed by atoms with Gasteiger partial charge in [-0.2, -0.15) is 0 Å². The summed E-state index contributed by atoms with van der Waals surface area (Å²) in [5.74, 6) is 1.76. The summed E-state index contributed by atoms with van der Waals surface area (Å²) in [6, 6.07) is 3.87. The van der Waals surface area contributed by atoms with Crippen molar-refractivity contribution in [3.05, 3.63) is 42.3 Å². The predicted octanol–water partition coefficient (Wildman–Crippen LogP) is 5.56. The summed E-state index contributed by atoms with van der Waals surface area (Å²) in [6.45, 7) is 1.79. The monoisotopic (exact) mass is 413 g/mol. The van der Waals surface area contributed by atoms with Gasteiger partial charge >= 0.3 is 0 Å². The molecular weight excluding hydrogens is 388 g/mol. The minimum atomic E-state index is -2.23. The van der Waals surface area contributed by atoms with Gasteiger partial charge in [-0.3, -0.25) is 14.8 Å². The van der Waals surface area contributed by atoms with Crippen LogP contribution in [0.5, 0.6) is 0 Å². The lowest BCUT2D eigenvalue weighted by Crippen LogP contribution is -2.23. The van der Waals surface area contributed by atoms with Crippen molar-refractivity contribution in [2.75, 3.05) is 0 Å². The van der Waals surface area contributed by atoms with Crippen LogP contribution in [0.3, 0.4) is 0 Å². The van der Waals surface area contributed by atoms with Gasteiger partial charge in [0.25, 0.3) is 0 Å². The first kappa shape index (κ1) is 20.6. The van der Waals surface area contributed by atoms with Crippen LogP contribution in [0.15, 0.2) is 35.1 Å². The maximum atomic E-state index is 12.8. The van der Waals surface area contributed by atoms with Crippen molar-refractivity contribution in [3.8, 4) is 11.3 Å². The number of fused-ring (bicyclic) bond motifs is 1. The molecule has 0 aromatic carbocycles. The van der Waals surface area contributed by atoms with E-state index in [1.807, 2.05) is 12.1 Å². The Bertz CT molecular complexity index is 1030. The normalized spacial score (nSPS) is 19.5. The number of oxazole rings is 1. The highest BCUT2D eigenvalue weighted by Crippen LogP contribution is 2.33. The van der Waals surface area contributed by atoms with E-state index in [2.05, 4.69) is 15.0 Å². The van der Waals surface area contributed by atoms with E-state index in [4.69, 9.17) is 4.42 Å². The number of carbonyl (C=O) groups excluding carboxylic acids is 1. The number of aromatic nitrogens is 3. The lowest BCUT2D eigenvalue weighted by molar-refractivity contribution is -0.123. The maximum Gasteiger partial charge on any atom is 0.238 e. The van der Waals surface area contributed by atoms with Crippen molar-refractivity contribution in [2.24, 2.45) is 11.8 Å². The van der Waals surface area contributed by atoms with Crippen LogP contribution in [0.2, 0.25) is 0 Å². The number of alkyl halides is 2. The first-order valence-electron chi connectivity index (χ1n) is 10.5. The van der Waals surface area contributed by atoms with Gasteiger partial charge in [0.2, 0.25) is 6.43 Å². The summed E-state index contributed by atoms with van der Waals surface area (Å²) >= 11 is 0. The van der Waals surface area contributed by atoms with Crippen molar-refractivity contribution in [2.45, 2.75) is 58.3 Å². The molecule has 0 saturated heterocycles. The summed E-state index contributed by atoms with van der Waals surface area (Å²) < 4.78 is 30.4. The van der Waals surface area contributed by atoms with Gasteiger partial charge in [-0.05, 0) is 50.2 Å². The molecule has 3 heterocycles. The molecule has 1 fully saturated rings. The number of pyridine rings is 2. The van der Waals surface area contributed by atoms with Gasteiger partial charge in [-0.1, -0.05) is 0 Å². The Balaban J connectivity index is 1.40. The minimum Gasteiger partial charge on any atom is -0.441 e. The zero-order valence-electron chi connectivity index (χ0n) is 17.0. The smallest absolute Gasteiger partial charge is 0.238 e. The minimum absolute atomic E-state index is 0.00641. The topological polar surface area (TPSA) is 68.9 Å². The first-order valence-corrected chi connectivity index (χ1v) is 10.5. The molecule has 1 aliphatic rings. The van der Waals surface area contributed by atoms with Gasteiger partial charge in [-0.15, -0.1) is 0 Å². The second-order valence-electron chi connectivity index (χ2n) is 8.17. The largest absolute Gasteiger partial charge is 0.441 e. The number of carbonyl (C=O) groups is 1. The molecule has 0 atom stereocenters. The van der Waals surface area contributed by atoms with E-state index in [1.165, 1.54) is 0 Å². The van der Waals surface area contributed by atoms with Crippen molar-refractivity contribution in [1.82, 2.24) is 15.0 Å². The molecule has 3 aromatic rings. The molecule has 0 radical (unpaired) electrons. The molecule has 1 saturated carbocycles. The molecule has 0 aliphatic heterocycles. The van der Waals surface area contributed by atoms with Crippen molar-refractivity contribution >= 4 is 16.7 Å². The quantitative estimate of drug-likeness (QED) is 0.507. The fourth-order valence-corrected chi connectivity index (χ4v) is 4.26. The number of rotatable bonds is 7. The van der Waals surface area contributed by atoms with E-state index in [0.717, 1.165) is 47.8 Å². The second kappa shape index (κ2) is 8.98. The zero-order chi connectivity index (χ0) is 21.1. The number of halogens is 2. The van der Waals surface area contributed by atoms with Crippen LogP contribution in [0, 0.1) is 18.8 Å². The highest BCUT2D eigenvalue weighted by Gasteiger charge is 2.26. The fourth-order valence-electron chi connectivity index (χ4n) is 4.26. The van der Waals surface area contributed by atoms with Crippen molar-refractivity contribution in [3.63, 3.8) is 0 Å². The molecule has 7 heteroatoms. The van der Waals surface area contributed by atoms with Crippen LogP contribution in [-0.4, -0.2) is 27.2 Å². The Labute approximate surface area is 173 Å². The molecule has 5 nitrogen and oxygen atoms in total. The Kier molecular flexibility index (Phi) is 6.16. The van der Waals surface area contributed by atoms with Gasteiger partial charge in [0.15, 0.2) is 11.7 Å². The summed E-state index contributed by atoms with van der Waals surface area (Å²) in [6.07, 6.45) is 6.96. The lowest BCUT2D eigenvalue weighted by atomic mass is 9.77. The van der Waals surface area contributed by atoms with E-state index < -0.39 is 6.43 Å². The van der Waals surface area contributed by atoms with E-state index in [-0.39, 0.29) is 24.5 Å². The third-order valence-corrected chi connectivity index (χ3v) is 5.98. The van der Waals surface area contributed by atoms with E-state index in [9.17, 15) is 13.6 Å². The van der Waals surface area contributed by atoms with Gasteiger partial charge < -0.3 is 4.42 Å². The molecule has 30 heavy (non-hydrogen) atoms. The van der Waals surface area contributed by atoms with Crippen molar-refractivity contribution < 1.29 is 18.0 Å². The maximum absolute atomic E-state index is 12.8. The summed E-state index contributed by atoms with van der Waals surface area (Å²) in [5.41, 5.74) is 2.31. The molecular formula is C23H25F2N3O2. The van der Waals surface area contributed by atoms with E-state index >= 15 is 0 Å². The Hall–Kier alpha value is -2.70. The van der Waals surface area contributed by atoms with E-state index in [0.29, 0.717) is 24.0 Å². The van der Waals surface area contributed by atoms with Gasteiger partial charge in [-0.25, -0.2) is 13.8 Å². The Morgan fingerprint density at radius 2 is 1.90 bits per heavy atom. The van der Waals surface area contributed by atoms with E-state index in [1.54, 1.807) is 25.5 Å². The van der Waals surface area contributed by atoms with Gasteiger partial charge in [0.05, 0.1) is 17.9 Å². The first-order chi connectivity index (χ1) is 14.5. The number of ketones is 1. The molecule has 158 valence electrons. The highest BCUT2D eigenvalue weighted by atomic mass is 19.3. The average Bonchev–Trinajstić information content (AvgIpc) is 3.18. The highest BCUT2D eigenvalue weighted by molar-refractivity contribution is 5.86. The standard InChI is InChI=1S/C23H25F2N3O2/c1-14-26-13-22(30-14)18-8-17-9-19(27-12-20(17)28-11-18)10-21(29)16-5-2-15(3-6-16)4-7-23(24)25/h8-9,11-13,15-16,23H,2-7,10H2,1H3. The molecule has 0 amide bonds. The van der Waals surface area contributed by atoms with Crippen LogP contribution in [-0.2, 0) is 11.2 Å². The second-order valence-corrected chi connectivity index (χ2v) is 8.17. The third-order valence-electron chi connectivity index (χ3n) is 5.98. The van der Waals surface area contributed by atoms with Crippen LogP contribution in [0.1, 0.15) is 50.1 Å². The molecule has 0 N–H and O–H groups in total. The number of Topliss-reactive ketones (excluding diaryl/α,β-unsaturated/α-hetero) is 1. The van der Waals surface area contributed by atoms with Crippen LogP contribution >= 0.6 is 0 Å². The van der Waals surface area contributed by atoms with Crippen molar-refractivity contribution in [1.29, 1.82) is 0 Å². The van der Waals surface area contributed by atoms with Crippen LogP contribution in [0.4, 0.5) is 8.78 Å². The van der Waals surface area contributed by atoms with Gasteiger partial charge in [0, 0.05) is 48.5 Å². The predicted molar refractivity (Wildman–Crippen MR) is 109 cm³/mol. The number of aryl methyl sites for hydroxylation is 1. The summed E-state index contributed by atoms with van der Waals surface area (Å²) in [5, 5.41) is 0.898. The summed E-state index contributed by atoms with van der Waals surface area (Å²) in [4.78, 5) is 25.7. The van der Waals surface area contributed by atoms with Crippen LogP contribution in [0.25, 0.3) is 22.2 Å². The molecule has 0 bridgehead atoms. The molecule has 1 aliphatic carbocycles. The zero-order valence-corrected chi connectivity index (χ0v) is 17.0. The molecule has 4 rings (SSSR count). The lowest BCUT2D eigenvalue weighted by Gasteiger charge is -2.27. The molecule has 0 unspecified atom stereocenters. The molecule has 0 spiro atoms.